The maximum atomic E-state index is 10.5. The lowest BCUT2D eigenvalue weighted by atomic mass is 10.5. The minimum Gasteiger partial charge on any atom is -0.358 e. The standard InChI is InChI=1S/C7H9N4O3/c1-6-9-4-7(11(13)14)10(6)3-2-8-5-12/h4H,2-3H2,1H3,(H,8,12). The Kier molecular flexibility index (Phi) is 3.16. The van der Waals surface area contributed by atoms with Crippen molar-refractivity contribution in [3.05, 3.63) is 22.1 Å². The first-order valence-electron chi connectivity index (χ1n) is 3.93. The van der Waals surface area contributed by atoms with Gasteiger partial charge in [-0.1, -0.05) is 0 Å². The van der Waals surface area contributed by atoms with Gasteiger partial charge in [-0.15, -0.1) is 0 Å². The van der Waals surface area contributed by atoms with Gasteiger partial charge in [0.15, 0.2) is 5.82 Å². The summed E-state index contributed by atoms with van der Waals surface area (Å²) < 4.78 is 1.42. The van der Waals surface area contributed by atoms with Gasteiger partial charge in [0.1, 0.15) is 12.7 Å². The molecule has 0 aliphatic rings. The molecule has 0 aliphatic carbocycles. The quantitative estimate of drug-likeness (QED) is 0.305. The second kappa shape index (κ2) is 4.35. The van der Waals surface area contributed by atoms with Crippen molar-refractivity contribution >= 4 is 12.2 Å². The van der Waals surface area contributed by atoms with Gasteiger partial charge in [0.2, 0.25) is 0 Å². The maximum absolute atomic E-state index is 10.5. The summed E-state index contributed by atoms with van der Waals surface area (Å²) in [4.78, 5) is 23.7. The maximum Gasteiger partial charge on any atom is 0.342 e. The fraction of sp³-hybridized carbons (Fsp3) is 0.429. The molecule has 1 aromatic rings. The Morgan fingerprint density at radius 3 is 3.07 bits per heavy atom. The van der Waals surface area contributed by atoms with Gasteiger partial charge in [-0.2, -0.15) is 0 Å². The summed E-state index contributed by atoms with van der Waals surface area (Å²) in [6.45, 7) is 2.27. The number of nitrogens with zero attached hydrogens (tertiary/aromatic N) is 3. The van der Waals surface area contributed by atoms with Crippen LogP contribution in [0.15, 0.2) is 6.20 Å². The number of aryl methyl sites for hydroxylation is 1. The van der Waals surface area contributed by atoms with Crippen molar-refractivity contribution < 1.29 is 9.72 Å². The first kappa shape index (κ1) is 10.2. The molecular formula is C7H9N4O3. The van der Waals surface area contributed by atoms with Crippen molar-refractivity contribution in [2.45, 2.75) is 13.5 Å². The van der Waals surface area contributed by atoms with Crippen molar-refractivity contribution in [1.29, 1.82) is 0 Å². The van der Waals surface area contributed by atoms with Crippen LogP contribution < -0.4 is 5.32 Å². The zero-order valence-electron chi connectivity index (χ0n) is 7.56. The molecule has 0 aliphatic heterocycles. The van der Waals surface area contributed by atoms with Crippen LogP contribution in [0.4, 0.5) is 5.82 Å². The summed E-state index contributed by atoms with van der Waals surface area (Å²) in [5.41, 5.74) is 0. The van der Waals surface area contributed by atoms with Crippen LogP contribution in [-0.4, -0.2) is 27.4 Å². The lowest BCUT2D eigenvalue weighted by Gasteiger charge is -2.01. The van der Waals surface area contributed by atoms with Crippen molar-refractivity contribution in [1.82, 2.24) is 14.9 Å². The van der Waals surface area contributed by atoms with E-state index in [4.69, 9.17) is 0 Å². The molecule has 1 rings (SSSR count). The lowest BCUT2D eigenvalue weighted by molar-refractivity contribution is -0.392. The van der Waals surface area contributed by atoms with Crippen LogP contribution in [-0.2, 0) is 11.3 Å². The van der Waals surface area contributed by atoms with Crippen LogP contribution in [0.5, 0.6) is 0 Å². The first-order chi connectivity index (χ1) is 6.66. The monoisotopic (exact) mass is 197 g/mol. The van der Waals surface area contributed by atoms with Crippen LogP contribution in [0.1, 0.15) is 5.82 Å². The van der Waals surface area contributed by atoms with Crippen molar-refractivity contribution in [2.24, 2.45) is 0 Å². The second-order valence-electron chi connectivity index (χ2n) is 2.60. The molecule has 0 unspecified atom stereocenters. The molecule has 75 valence electrons. The SMILES string of the molecule is Cc1ncc([N+](=O)[O-])n1CCN[C]=O. The largest absolute Gasteiger partial charge is 0.358 e. The third-order valence-electron chi connectivity index (χ3n) is 1.75. The van der Waals surface area contributed by atoms with Gasteiger partial charge in [0.05, 0.1) is 6.54 Å². The summed E-state index contributed by atoms with van der Waals surface area (Å²) in [5, 5.41) is 12.8. The first-order valence-corrected chi connectivity index (χ1v) is 3.93. The molecule has 7 heteroatoms. The molecule has 14 heavy (non-hydrogen) atoms. The van der Waals surface area contributed by atoms with Gasteiger partial charge in [0, 0.05) is 6.92 Å². The van der Waals surface area contributed by atoms with E-state index in [1.165, 1.54) is 17.2 Å². The summed E-state index contributed by atoms with van der Waals surface area (Å²) in [6.07, 6.45) is 2.69. The van der Waals surface area contributed by atoms with E-state index in [1.807, 2.05) is 0 Å². The average molecular weight is 197 g/mol. The molecule has 1 N–H and O–H groups in total. The highest BCUT2D eigenvalue weighted by Crippen LogP contribution is 2.12. The van der Waals surface area contributed by atoms with Gasteiger partial charge >= 0.3 is 12.2 Å². The Bertz CT molecular complexity index is 347. The fourth-order valence-electron chi connectivity index (χ4n) is 1.10. The van der Waals surface area contributed by atoms with E-state index >= 15 is 0 Å². The van der Waals surface area contributed by atoms with Gasteiger partial charge in [-0.25, -0.2) is 9.55 Å². The normalized spacial score (nSPS) is 9.79. The number of carbonyl (C=O) groups excluding carboxylic acids is 1. The van der Waals surface area contributed by atoms with E-state index in [1.54, 1.807) is 6.92 Å². The Labute approximate surface area is 79.9 Å². The van der Waals surface area contributed by atoms with Gasteiger partial charge < -0.3 is 15.4 Å². The number of amides is 1. The Morgan fingerprint density at radius 2 is 2.50 bits per heavy atom. The van der Waals surface area contributed by atoms with Gasteiger partial charge in [0.25, 0.3) is 0 Å². The fourth-order valence-corrected chi connectivity index (χ4v) is 1.10. The molecule has 0 spiro atoms. The van der Waals surface area contributed by atoms with E-state index in [9.17, 15) is 14.9 Å². The smallest absolute Gasteiger partial charge is 0.342 e. The van der Waals surface area contributed by atoms with E-state index in [0.29, 0.717) is 18.9 Å². The van der Waals surface area contributed by atoms with Crippen LogP contribution >= 0.6 is 0 Å². The van der Waals surface area contributed by atoms with E-state index in [-0.39, 0.29) is 5.82 Å². The zero-order chi connectivity index (χ0) is 10.6. The predicted octanol–water partition coefficient (Wildman–Crippen LogP) is -0.243. The Morgan fingerprint density at radius 1 is 1.79 bits per heavy atom. The highest BCUT2D eigenvalue weighted by Gasteiger charge is 2.16. The summed E-state index contributed by atoms with van der Waals surface area (Å²) in [7, 11) is 0. The molecule has 0 atom stereocenters. The summed E-state index contributed by atoms with van der Waals surface area (Å²) in [5.74, 6) is 0.472. The average Bonchev–Trinajstić information content (AvgIpc) is 2.48. The highest BCUT2D eigenvalue weighted by molar-refractivity contribution is 5.46. The van der Waals surface area contributed by atoms with Crippen molar-refractivity contribution in [3.63, 3.8) is 0 Å². The van der Waals surface area contributed by atoms with Gasteiger partial charge in [-0.05, 0) is 4.92 Å². The molecule has 1 aromatic heterocycles. The topological polar surface area (TPSA) is 90.1 Å². The third-order valence-corrected chi connectivity index (χ3v) is 1.75. The Balaban J connectivity index is 2.77. The molecule has 0 saturated carbocycles. The minimum atomic E-state index is -0.509. The predicted molar refractivity (Wildman–Crippen MR) is 47.3 cm³/mol. The van der Waals surface area contributed by atoms with Crippen molar-refractivity contribution in [3.8, 4) is 0 Å². The lowest BCUT2D eigenvalue weighted by Crippen LogP contribution is -2.19. The molecule has 0 saturated heterocycles. The van der Waals surface area contributed by atoms with Crippen LogP contribution in [0.3, 0.4) is 0 Å². The molecule has 0 bridgehead atoms. The highest BCUT2D eigenvalue weighted by atomic mass is 16.6. The van der Waals surface area contributed by atoms with E-state index in [2.05, 4.69) is 10.3 Å². The molecule has 1 radical (unpaired) electrons. The van der Waals surface area contributed by atoms with Crippen LogP contribution in [0, 0.1) is 17.0 Å². The number of nitro groups is 1. The van der Waals surface area contributed by atoms with E-state index < -0.39 is 4.92 Å². The number of aromatic nitrogens is 2. The molecule has 0 aromatic carbocycles. The molecule has 7 nitrogen and oxygen atoms in total. The second-order valence-corrected chi connectivity index (χ2v) is 2.60. The number of hydrogen-bond acceptors (Lipinski definition) is 4. The Hall–Kier alpha value is -1.92. The summed E-state index contributed by atoms with van der Waals surface area (Å²) >= 11 is 0. The van der Waals surface area contributed by atoms with Crippen LogP contribution in [0.2, 0.25) is 0 Å². The molecule has 1 heterocycles. The number of rotatable bonds is 5. The van der Waals surface area contributed by atoms with Gasteiger partial charge in [-0.3, -0.25) is 4.79 Å². The minimum absolute atomic E-state index is 0.0739. The number of imidazole rings is 1. The number of hydrogen-bond donors (Lipinski definition) is 1. The molecule has 1 amide bonds. The summed E-state index contributed by atoms with van der Waals surface area (Å²) in [6, 6.07) is 0. The van der Waals surface area contributed by atoms with Crippen molar-refractivity contribution in [2.75, 3.05) is 6.54 Å². The van der Waals surface area contributed by atoms with E-state index in [0.717, 1.165) is 0 Å². The zero-order valence-corrected chi connectivity index (χ0v) is 7.56. The van der Waals surface area contributed by atoms with Crippen LogP contribution in [0.25, 0.3) is 0 Å². The third kappa shape index (κ3) is 2.06. The number of nitrogens with one attached hydrogen (secondary N) is 1. The molecular weight excluding hydrogens is 188 g/mol. The molecule has 0 fully saturated rings.